The third kappa shape index (κ3) is 3.18. The van der Waals surface area contributed by atoms with Crippen LogP contribution in [0.15, 0.2) is 40.4 Å². The Kier molecular flexibility index (Phi) is 4.97. The maximum Gasteiger partial charge on any atom is 0.259 e. The zero-order valence-corrected chi connectivity index (χ0v) is 17.8. The number of fused-ring (bicyclic) bond motifs is 6. The number of benzene rings is 2. The van der Waals surface area contributed by atoms with Gasteiger partial charge in [-0.3, -0.25) is 14.6 Å². The molecule has 11 nitrogen and oxygen atoms in total. The van der Waals surface area contributed by atoms with E-state index in [1.165, 1.54) is 19.2 Å². The van der Waals surface area contributed by atoms with Crippen molar-refractivity contribution in [2.45, 2.75) is 6.54 Å². The zero-order chi connectivity index (χ0) is 23.1. The molecule has 1 aliphatic heterocycles. The van der Waals surface area contributed by atoms with E-state index in [-0.39, 0.29) is 23.7 Å². The number of nitrogens with zero attached hydrogens (tertiary/aromatic N) is 5. The van der Waals surface area contributed by atoms with Gasteiger partial charge in [-0.1, -0.05) is 0 Å². The summed E-state index contributed by atoms with van der Waals surface area (Å²) in [5, 5.41) is 8.48. The summed E-state index contributed by atoms with van der Waals surface area (Å²) in [5.41, 5.74) is 9.81. The topological polar surface area (TPSA) is 140 Å². The molecule has 2 aromatic heterocycles. The summed E-state index contributed by atoms with van der Waals surface area (Å²) in [6.07, 6.45) is 1.66. The molecule has 0 spiro atoms. The van der Waals surface area contributed by atoms with Crippen LogP contribution in [0.2, 0.25) is 0 Å². The molecule has 0 radical (unpaired) electrons. The van der Waals surface area contributed by atoms with E-state index in [2.05, 4.69) is 20.3 Å². The predicted molar refractivity (Wildman–Crippen MR) is 121 cm³/mol. The van der Waals surface area contributed by atoms with E-state index in [1.54, 1.807) is 16.8 Å². The number of likely N-dealkylation sites (N-methyl/N-ethyl adjacent to an activating group) is 1. The average molecular weight is 446 g/mol. The zero-order valence-electron chi connectivity index (χ0n) is 17.8. The van der Waals surface area contributed by atoms with Crippen molar-refractivity contribution in [3.05, 3.63) is 56.8 Å². The predicted octanol–water partition coefficient (Wildman–Crippen LogP) is 3.11. The van der Waals surface area contributed by atoms with Crippen LogP contribution in [-0.2, 0) is 6.54 Å². The van der Waals surface area contributed by atoms with Crippen LogP contribution in [0.5, 0.6) is 17.2 Å². The Bertz CT molecular complexity index is 1570. The van der Waals surface area contributed by atoms with E-state index < -0.39 is 5.91 Å². The van der Waals surface area contributed by atoms with Crippen molar-refractivity contribution in [2.75, 3.05) is 27.5 Å². The minimum absolute atomic E-state index is 0.0576. The van der Waals surface area contributed by atoms with Gasteiger partial charge in [-0.25, -0.2) is 0 Å². The molecule has 11 heteroatoms. The van der Waals surface area contributed by atoms with Crippen LogP contribution >= 0.6 is 0 Å². The highest BCUT2D eigenvalue weighted by molar-refractivity contribution is 6.16. The molecule has 4 aromatic rings. The minimum Gasteiger partial charge on any atom is -0.496 e. The minimum atomic E-state index is -0.805. The Balaban J connectivity index is 1.95. The molecule has 0 aliphatic carbocycles. The smallest absolute Gasteiger partial charge is 0.259 e. The SMILES string of the molecule is CNCCn1c(=O)c2cc(OC)c(C(=O)N=[N+]=[N-])cc2c2cnc3cc4c(cc3c21)OCO4. The quantitative estimate of drug-likeness (QED) is 0.215. The first kappa shape index (κ1) is 20.6. The molecule has 1 N–H and O–H groups in total. The van der Waals surface area contributed by atoms with Crippen molar-refractivity contribution in [1.29, 1.82) is 0 Å². The summed E-state index contributed by atoms with van der Waals surface area (Å²) in [6, 6.07) is 6.59. The van der Waals surface area contributed by atoms with Crippen LogP contribution in [0.3, 0.4) is 0 Å². The number of methoxy groups -OCH3 is 1. The monoisotopic (exact) mass is 446 g/mol. The molecule has 0 saturated carbocycles. The molecule has 2 aromatic carbocycles. The number of nitrogens with one attached hydrogen (secondary N) is 1. The number of aromatic nitrogens is 2. The van der Waals surface area contributed by atoms with Crippen LogP contribution in [0.1, 0.15) is 10.4 Å². The second kappa shape index (κ2) is 7.97. The van der Waals surface area contributed by atoms with Gasteiger partial charge in [0.05, 0.1) is 29.1 Å². The number of carbonyl (C=O) groups is 1. The lowest BCUT2D eigenvalue weighted by Crippen LogP contribution is -2.26. The van der Waals surface area contributed by atoms with Gasteiger partial charge in [0.25, 0.3) is 11.5 Å². The number of hydrogen-bond acceptors (Lipinski definition) is 7. The molecule has 33 heavy (non-hydrogen) atoms. The summed E-state index contributed by atoms with van der Waals surface area (Å²) >= 11 is 0. The maximum absolute atomic E-state index is 13.6. The van der Waals surface area contributed by atoms with Gasteiger partial charge >= 0.3 is 0 Å². The Morgan fingerprint density at radius 3 is 2.73 bits per heavy atom. The molecule has 166 valence electrons. The number of pyridine rings is 2. The van der Waals surface area contributed by atoms with Crippen LogP contribution in [0, 0.1) is 0 Å². The van der Waals surface area contributed by atoms with Crippen molar-refractivity contribution in [3.8, 4) is 17.2 Å². The first-order valence-electron chi connectivity index (χ1n) is 10.1. The number of carbonyl (C=O) groups excluding carboxylic acids is 1. The summed E-state index contributed by atoms with van der Waals surface area (Å²) < 4.78 is 18.0. The van der Waals surface area contributed by atoms with Crippen molar-refractivity contribution in [1.82, 2.24) is 14.9 Å². The number of amides is 1. The largest absolute Gasteiger partial charge is 0.496 e. The molecule has 0 bridgehead atoms. The van der Waals surface area contributed by atoms with Gasteiger partial charge in [-0.2, -0.15) is 0 Å². The molecule has 0 saturated heterocycles. The van der Waals surface area contributed by atoms with E-state index in [4.69, 9.17) is 19.7 Å². The van der Waals surface area contributed by atoms with E-state index >= 15 is 0 Å². The Morgan fingerprint density at radius 2 is 2.00 bits per heavy atom. The summed E-state index contributed by atoms with van der Waals surface area (Å²) in [5.74, 6) is 0.499. The second-order valence-corrected chi connectivity index (χ2v) is 7.40. The molecule has 0 atom stereocenters. The third-order valence-electron chi connectivity index (χ3n) is 5.66. The van der Waals surface area contributed by atoms with Gasteiger partial charge < -0.3 is 24.1 Å². The van der Waals surface area contributed by atoms with Crippen LogP contribution < -0.4 is 25.1 Å². The van der Waals surface area contributed by atoms with Gasteiger partial charge in [0.15, 0.2) is 11.5 Å². The van der Waals surface area contributed by atoms with Crippen LogP contribution in [0.4, 0.5) is 0 Å². The number of hydrogen-bond donors (Lipinski definition) is 1. The lowest BCUT2D eigenvalue weighted by Gasteiger charge is -2.16. The van der Waals surface area contributed by atoms with Gasteiger partial charge in [0.1, 0.15) is 5.75 Å². The Labute approximate surface area is 186 Å². The maximum atomic E-state index is 13.6. The molecule has 5 rings (SSSR count). The molecular formula is C22H18N6O5. The fourth-order valence-corrected chi connectivity index (χ4v) is 4.15. The van der Waals surface area contributed by atoms with Gasteiger partial charge in [-0.05, 0) is 41.3 Å². The third-order valence-corrected chi connectivity index (χ3v) is 5.66. The highest BCUT2D eigenvalue weighted by Gasteiger charge is 2.21. The van der Waals surface area contributed by atoms with E-state index in [0.717, 1.165) is 0 Å². The lowest BCUT2D eigenvalue weighted by atomic mass is 10.0. The highest BCUT2D eigenvalue weighted by Crippen LogP contribution is 2.39. The molecule has 0 unspecified atom stereocenters. The molecule has 1 aliphatic rings. The molecule has 3 heterocycles. The average Bonchev–Trinajstić information content (AvgIpc) is 3.29. The normalized spacial score (nSPS) is 12.3. The first-order valence-corrected chi connectivity index (χ1v) is 10.1. The fourth-order valence-electron chi connectivity index (χ4n) is 4.15. The van der Waals surface area contributed by atoms with Crippen molar-refractivity contribution >= 4 is 38.5 Å². The Morgan fingerprint density at radius 1 is 1.21 bits per heavy atom. The standard InChI is InChI=1S/C22H18N6O5/c1-24-3-4-28-20-13-7-18-19(33-10-32-18)8-16(13)25-9-15(20)11-5-14(21(29)26-27-23)17(31-2)6-12(11)22(28)30/h5-9,24H,3-4,10H2,1-2H3. The second-order valence-electron chi connectivity index (χ2n) is 7.40. The number of rotatable bonds is 5. The molecule has 0 fully saturated rings. The fraction of sp³-hybridized carbons (Fsp3) is 0.227. The van der Waals surface area contributed by atoms with Crippen LogP contribution in [0.25, 0.3) is 43.0 Å². The summed E-state index contributed by atoms with van der Waals surface area (Å²) in [6.45, 7) is 1.07. The van der Waals surface area contributed by atoms with Crippen molar-refractivity contribution < 1.29 is 19.0 Å². The lowest BCUT2D eigenvalue weighted by molar-refractivity contribution is 0.0997. The molecular weight excluding hydrogens is 428 g/mol. The number of ether oxygens (including phenoxy) is 3. The van der Waals surface area contributed by atoms with Gasteiger partial charge in [-0.15, -0.1) is 0 Å². The Hall–Kier alpha value is -4.34. The van der Waals surface area contributed by atoms with Gasteiger partial charge in [0, 0.05) is 41.0 Å². The van der Waals surface area contributed by atoms with Crippen molar-refractivity contribution in [3.63, 3.8) is 0 Å². The van der Waals surface area contributed by atoms with Crippen LogP contribution in [-0.4, -0.2) is 43.0 Å². The van der Waals surface area contributed by atoms with Gasteiger partial charge in [0.2, 0.25) is 6.79 Å². The summed E-state index contributed by atoms with van der Waals surface area (Å²) in [7, 11) is 3.19. The summed E-state index contributed by atoms with van der Waals surface area (Å²) in [4.78, 5) is 33.2. The highest BCUT2D eigenvalue weighted by atomic mass is 16.7. The number of azide groups is 1. The van der Waals surface area contributed by atoms with E-state index in [0.29, 0.717) is 57.2 Å². The first-order chi connectivity index (χ1) is 16.1. The van der Waals surface area contributed by atoms with E-state index in [1.807, 2.05) is 13.1 Å². The molecule has 1 amide bonds. The van der Waals surface area contributed by atoms with E-state index in [9.17, 15) is 9.59 Å². The van der Waals surface area contributed by atoms with Crippen molar-refractivity contribution in [2.24, 2.45) is 5.11 Å².